The number of carbonyl (C=O) groups is 1. The van der Waals surface area contributed by atoms with Crippen molar-refractivity contribution in [2.45, 2.75) is 32.7 Å². The molecule has 130 valence electrons. The monoisotopic (exact) mass is 340 g/mol. The number of nitrogens with zero attached hydrogens (tertiary/aromatic N) is 2. The summed E-state index contributed by atoms with van der Waals surface area (Å²) in [7, 11) is 0. The number of fused-ring (bicyclic) bond motifs is 4. The van der Waals surface area contributed by atoms with Crippen LogP contribution in [0.3, 0.4) is 0 Å². The van der Waals surface area contributed by atoms with Crippen molar-refractivity contribution < 1.29 is 9.21 Å². The van der Waals surface area contributed by atoms with E-state index >= 15 is 0 Å². The smallest absolute Gasteiger partial charge is 0.336 e. The van der Waals surface area contributed by atoms with Gasteiger partial charge >= 0.3 is 5.63 Å². The zero-order valence-corrected chi connectivity index (χ0v) is 14.3. The molecule has 4 rings (SSSR count). The average molecular weight is 340 g/mol. The summed E-state index contributed by atoms with van der Waals surface area (Å²) in [5, 5.41) is 0. The fraction of sp³-hybridized carbons (Fsp3) is 0.421. The summed E-state index contributed by atoms with van der Waals surface area (Å²) >= 11 is 0. The van der Waals surface area contributed by atoms with Crippen molar-refractivity contribution in [3.63, 3.8) is 0 Å². The first-order valence-electron chi connectivity index (χ1n) is 8.54. The first kappa shape index (κ1) is 15.9. The molecule has 0 unspecified atom stereocenters. The van der Waals surface area contributed by atoms with Crippen LogP contribution in [0.5, 0.6) is 0 Å². The van der Waals surface area contributed by atoms with Gasteiger partial charge in [-0.05, 0) is 37.8 Å². The Morgan fingerprint density at radius 1 is 1.16 bits per heavy atom. The van der Waals surface area contributed by atoms with E-state index in [1.54, 1.807) is 26.0 Å². The lowest BCUT2D eigenvalue weighted by Crippen LogP contribution is -2.49. The lowest BCUT2D eigenvalue weighted by atomic mass is 9.83. The Morgan fingerprint density at radius 3 is 2.72 bits per heavy atom. The largest absolute Gasteiger partial charge is 0.427 e. The lowest BCUT2D eigenvalue weighted by molar-refractivity contribution is 0.0590. The van der Waals surface area contributed by atoms with Crippen LogP contribution in [-0.2, 0) is 6.54 Å². The Kier molecular flexibility index (Phi) is 3.63. The summed E-state index contributed by atoms with van der Waals surface area (Å²) < 4.78 is 6.96. The molecule has 0 saturated carbocycles. The van der Waals surface area contributed by atoms with Gasteiger partial charge in [-0.1, -0.05) is 6.07 Å². The van der Waals surface area contributed by atoms with Crippen LogP contribution < -0.4 is 11.2 Å². The molecule has 2 atom stereocenters. The van der Waals surface area contributed by atoms with Crippen LogP contribution in [0.2, 0.25) is 0 Å². The van der Waals surface area contributed by atoms with E-state index in [4.69, 9.17) is 4.42 Å². The summed E-state index contributed by atoms with van der Waals surface area (Å²) in [5.41, 5.74) is 1.73. The predicted octanol–water partition coefficient (Wildman–Crippen LogP) is 1.68. The number of likely N-dealkylation sites (tertiary alicyclic amines) is 1. The van der Waals surface area contributed by atoms with Gasteiger partial charge in [0, 0.05) is 43.4 Å². The molecule has 25 heavy (non-hydrogen) atoms. The van der Waals surface area contributed by atoms with E-state index in [0.717, 1.165) is 12.1 Å². The van der Waals surface area contributed by atoms with Crippen LogP contribution in [0.15, 0.2) is 38.3 Å². The van der Waals surface area contributed by atoms with Gasteiger partial charge < -0.3 is 13.9 Å². The molecule has 2 aliphatic heterocycles. The summed E-state index contributed by atoms with van der Waals surface area (Å²) in [5.74, 6) is 0.704. The van der Waals surface area contributed by atoms with Crippen molar-refractivity contribution in [2.75, 3.05) is 13.1 Å². The van der Waals surface area contributed by atoms with Gasteiger partial charge in [-0.15, -0.1) is 0 Å². The third-order valence-corrected chi connectivity index (χ3v) is 5.32. The second-order valence-corrected chi connectivity index (χ2v) is 7.09. The van der Waals surface area contributed by atoms with Gasteiger partial charge in [-0.2, -0.15) is 0 Å². The first-order chi connectivity index (χ1) is 11.9. The molecule has 2 bridgehead atoms. The molecule has 0 N–H and O–H groups in total. The summed E-state index contributed by atoms with van der Waals surface area (Å²) in [6, 6.07) is 6.72. The van der Waals surface area contributed by atoms with Gasteiger partial charge in [-0.25, -0.2) is 4.79 Å². The topological polar surface area (TPSA) is 72.5 Å². The maximum atomic E-state index is 13.1. The van der Waals surface area contributed by atoms with Crippen LogP contribution in [0.4, 0.5) is 0 Å². The van der Waals surface area contributed by atoms with Gasteiger partial charge in [-0.3, -0.25) is 9.59 Å². The van der Waals surface area contributed by atoms with E-state index < -0.39 is 5.63 Å². The number of hydrogen-bond donors (Lipinski definition) is 0. The van der Waals surface area contributed by atoms with Crippen molar-refractivity contribution >= 4 is 5.91 Å². The van der Waals surface area contributed by atoms with Crippen molar-refractivity contribution in [3.05, 3.63) is 67.6 Å². The Morgan fingerprint density at radius 2 is 1.96 bits per heavy atom. The molecule has 6 nitrogen and oxygen atoms in total. The van der Waals surface area contributed by atoms with Crippen molar-refractivity contribution in [2.24, 2.45) is 5.92 Å². The van der Waals surface area contributed by atoms with E-state index in [1.165, 1.54) is 6.07 Å². The molecule has 0 aromatic carbocycles. The van der Waals surface area contributed by atoms with E-state index in [2.05, 4.69) is 0 Å². The number of hydrogen-bond acceptors (Lipinski definition) is 4. The lowest BCUT2D eigenvalue weighted by Gasteiger charge is -2.42. The van der Waals surface area contributed by atoms with Crippen molar-refractivity contribution in [1.29, 1.82) is 0 Å². The minimum Gasteiger partial charge on any atom is -0.427 e. The minimum atomic E-state index is -0.435. The highest BCUT2D eigenvalue weighted by atomic mass is 16.4. The van der Waals surface area contributed by atoms with Crippen LogP contribution in [0.25, 0.3) is 0 Å². The van der Waals surface area contributed by atoms with Crippen LogP contribution in [-0.4, -0.2) is 28.5 Å². The van der Waals surface area contributed by atoms with Crippen molar-refractivity contribution in [1.82, 2.24) is 9.47 Å². The van der Waals surface area contributed by atoms with Gasteiger partial charge in [0.05, 0.1) is 5.56 Å². The molecule has 6 heteroatoms. The predicted molar refractivity (Wildman–Crippen MR) is 91.9 cm³/mol. The second-order valence-electron chi connectivity index (χ2n) is 7.09. The average Bonchev–Trinajstić information content (AvgIpc) is 2.54. The number of aryl methyl sites for hydroxylation is 2. The molecule has 0 radical (unpaired) electrons. The maximum Gasteiger partial charge on any atom is 0.336 e. The quantitative estimate of drug-likeness (QED) is 0.792. The molecule has 0 aliphatic carbocycles. The first-order valence-corrected chi connectivity index (χ1v) is 8.54. The van der Waals surface area contributed by atoms with Gasteiger partial charge in [0.15, 0.2) is 0 Å². The Hall–Kier alpha value is -2.63. The molecule has 1 fully saturated rings. The molecule has 4 heterocycles. The summed E-state index contributed by atoms with van der Waals surface area (Å²) in [6.07, 6.45) is 0.995. The fourth-order valence-corrected chi connectivity index (χ4v) is 4.30. The van der Waals surface area contributed by atoms with E-state index in [1.807, 2.05) is 15.5 Å². The van der Waals surface area contributed by atoms with Crippen LogP contribution in [0, 0.1) is 19.8 Å². The third-order valence-electron chi connectivity index (χ3n) is 5.32. The highest BCUT2D eigenvalue weighted by Crippen LogP contribution is 2.35. The Labute approximate surface area is 144 Å². The zero-order chi connectivity index (χ0) is 17.7. The summed E-state index contributed by atoms with van der Waals surface area (Å²) in [4.78, 5) is 38.5. The van der Waals surface area contributed by atoms with Crippen LogP contribution in [0.1, 0.15) is 39.7 Å². The molecule has 0 spiro atoms. The normalized spacial score (nSPS) is 21.8. The SMILES string of the molecule is Cc1cc(=O)oc(C)c1C(=O)N1C[C@H]2C[C@H](C1)c1cccc(=O)n1C2. The zero-order valence-electron chi connectivity index (χ0n) is 14.3. The maximum absolute atomic E-state index is 13.1. The van der Waals surface area contributed by atoms with E-state index in [-0.39, 0.29) is 23.3 Å². The van der Waals surface area contributed by atoms with E-state index in [9.17, 15) is 14.4 Å². The Balaban J connectivity index is 1.68. The Bertz CT molecular complexity index is 946. The number of carbonyl (C=O) groups excluding carboxylic acids is 1. The fourth-order valence-electron chi connectivity index (χ4n) is 4.30. The molecule has 2 aromatic rings. The van der Waals surface area contributed by atoms with Gasteiger partial charge in [0.1, 0.15) is 5.76 Å². The van der Waals surface area contributed by atoms with Crippen molar-refractivity contribution in [3.8, 4) is 0 Å². The number of amides is 1. The second kappa shape index (κ2) is 5.72. The molecule has 2 aromatic heterocycles. The minimum absolute atomic E-state index is 0.0310. The van der Waals surface area contributed by atoms with Gasteiger partial charge in [0.25, 0.3) is 11.5 Å². The van der Waals surface area contributed by atoms with Gasteiger partial charge in [0.2, 0.25) is 0 Å². The molecule has 2 aliphatic rings. The van der Waals surface area contributed by atoms with Crippen LogP contribution >= 0.6 is 0 Å². The molecular weight excluding hydrogens is 320 g/mol. The number of pyridine rings is 1. The van der Waals surface area contributed by atoms with E-state index in [0.29, 0.717) is 36.5 Å². The third kappa shape index (κ3) is 2.62. The number of rotatable bonds is 1. The molecule has 1 saturated heterocycles. The number of piperidine rings is 1. The standard InChI is InChI=1S/C19H20N2O4/c1-11-6-17(23)25-12(2)18(11)19(24)20-8-13-7-14(10-20)15-4-3-5-16(22)21(15)9-13/h3-6,13-14H,7-10H2,1-2H3/t13-,14-/m1/s1. The molecule has 1 amide bonds. The highest BCUT2D eigenvalue weighted by Gasteiger charge is 2.37. The summed E-state index contributed by atoms with van der Waals surface area (Å²) in [6.45, 7) is 5.26. The highest BCUT2D eigenvalue weighted by molar-refractivity contribution is 5.96. The molecular formula is C19H20N2O4. The number of aromatic nitrogens is 1.